The van der Waals surface area contributed by atoms with Gasteiger partial charge in [-0.05, 0) is 55.8 Å². The lowest BCUT2D eigenvalue weighted by atomic mass is 9.54. The lowest BCUT2D eigenvalue weighted by Gasteiger charge is -2.54. The van der Waals surface area contributed by atoms with Crippen molar-refractivity contribution in [3.8, 4) is 0 Å². The normalized spacial score (nSPS) is 39.7. The second-order valence-corrected chi connectivity index (χ2v) is 6.68. The van der Waals surface area contributed by atoms with E-state index >= 15 is 0 Å². The van der Waals surface area contributed by atoms with Gasteiger partial charge < -0.3 is 11.5 Å². The molecule has 1 aromatic heterocycles. The third-order valence-electron chi connectivity index (χ3n) is 5.48. The van der Waals surface area contributed by atoms with Crippen LogP contribution >= 0.6 is 0 Å². The molecule has 4 N–H and O–H groups in total. The number of carbonyl (C=O) groups is 1. The summed E-state index contributed by atoms with van der Waals surface area (Å²) < 4.78 is 1.90. The van der Waals surface area contributed by atoms with E-state index in [4.69, 9.17) is 11.5 Å². The third kappa shape index (κ3) is 1.60. The van der Waals surface area contributed by atoms with Crippen LogP contribution in [0, 0.1) is 23.7 Å². The van der Waals surface area contributed by atoms with Crippen LogP contribution in [-0.4, -0.2) is 15.7 Å². The highest BCUT2D eigenvalue weighted by molar-refractivity contribution is 5.91. The van der Waals surface area contributed by atoms with Crippen LogP contribution in [0.15, 0.2) is 6.07 Å². The van der Waals surface area contributed by atoms with E-state index in [1.54, 1.807) is 6.07 Å². The standard InChI is InChI=1S/C14H20N4O/c15-12-6-11(14(16)19)17-18(12)13-9-2-7-1-8(4-9)5-10(13)3-7/h6-10,13H,1-5,15H2,(H2,16,19). The smallest absolute Gasteiger partial charge is 0.269 e. The first-order valence-corrected chi connectivity index (χ1v) is 7.26. The predicted molar refractivity (Wildman–Crippen MR) is 71.2 cm³/mol. The summed E-state index contributed by atoms with van der Waals surface area (Å²) in [6.45, 7) is 0. The molecule has 0 unspecified atom stereocenters. The molecule has 4 fully saturated rings. The van der Waals surface area contributed by atoms with Crippen LogP contribution < -0.4 is 11.5 Å². The van der Waals surface area contributed by atoms with Crippen molar-refractivity contribution >= 4 is 11.7 Å². The van der Waals surface area contributed by atoms with Gasteiger partial charge in [0, 0.05) is 6.07 Å². The van der Waals surface area contributed by atoms with Crippen molar-refractivity contribution in [3.05, 3.63) is 11.8 Å². The molecule has 0 aromatic carbocycles. The van der Waals surface area contributed by atoms with Crippen LogP contribution in [0.3, 0.4) is 0 Å². The van der Waals surface area contributed by atoms with E-state index in [9.17, 15) is 4.79 Å². The number of aromatic nitrogens is 2. The number of amides is 1. The van der Waals surface area contributed by atoms with Crippen LogP contribution in [0.25, 0.3) is 0 Å². The van der Waals surface area contributed by atoms with Gasteiger partial charge in [-0.15, -0.1) is 0 Å². The summed E-state index contributed by atoms with van der Waals surface area (Å²) in [7, 11) is 0. The van der Waals surface area contributed by atoms with Gasteiger partial charge in [0.15, 0.2) is 5.69 Å². The highest BCUT2D eigenvalue weighted by atomic mass is 16.1. The van der Waals surface area contributed by atoms with Gasteiger partial charge in [0.05, 0.1) is 6.04 Å². The fraction of sp³-hybridized carbons (Fsp3) is 0.714. The molecule has 1 amide bonds. The van der Waals surface area contributed by atoms with E-state index in [0.717, 1.165) is 11.8 Å². The second-order valence-electron chi connectivity index (χ2n) is 6.68. The lowest BCUT2D eigenvalue weighted by molar-refractivity contribution is -0.0328. The molecule has 5 nitrogen and oxygen atoms in total. The van der Waals surface area contributed by atoms with Crippen LogP contribution in [-0.2, 0) is 0 Å². The van der Waals surface area contributed by atoms with Crippen LogP contribution in [0.2, 0.25) is 0 Å². The monoisotopic (exact) mass is 260 g/mol. The molecule has 0 atom stereocenters. The van der Waals surface area contributed by atoms with E-state index in [1.165, 1.54) is 32.1 Å². The summed E-state index contributed by atoms with van der Waals surface area (Å²) in [5, 5.41) is 4.37. The van der Waals surface area contributed by atoms with Gasteiger partial charge in [0.1, 0.15) is 5.82 Å². The molecular weight excluding hydrogens is 240 g/mol. The molecule has 0 radical (unpaired) electrons. The van der Waals surface area contributed by atoms with Gasteiger partial charge in [-0.1, -0.05) is 0 Å². The molecule has 4 aliphatic carbocycles. The summed E-state index contributed by atoms with van der Waals surface area (Å²) in [6, 6.07) is 2.01. The van der Waals surface area contributed by atoms with Crippen molar-refractivity contribution in [2.24, 2.45) is 29.4 Å². The highest BCUT2D eigenvalue weighted by Crippen LogP contribution is 2.58. The molecule has 4 aliphatic rings. The first kappa shape index (κ1) is 11.3. The average Bonchev–Trinajstić information content (AvgIpc) is 2.70. The number of nitrogen functional groups attached to an aromatic ring is 1. The zero-order chi connectivity index (χ0) is 13.1. The molecule has 19 heavy (non-hydrogen) atoms. The summed E-state index contributed by atoms with van der Waals surface area (Å²) >= 11 is 0. The van der Waals surface area contributed by atoms with Crippen LogP contribution in [0.1, 0.15) is 48.6 Å². The summed E-state index contributed by atoms with van der Waals surface area (Å²) in [6.07, 6.45) is 6.67. The zero-order valence-corrected chi connectivity index (χ0v) is 11.0. The number of rotatable bonds is 2. The highest BCUT2D eigenvalue weighted by Gasteiger charge is 2.49. The van der Waals surface area contributed by atoms with Gasteiger partial charge in [0.25, 0.3) is 5.91 Å². The summed E-state index contributed by atoms with van der Waals surface area (Å²) in [5.74, 6) is 3.33. The van der Waals surface area contributed by atoms with Crippen molar-refractivity contribution in [1.29, 1.82) is 0 Å². The molecule has 4 bridgehead atoms. The van der Waals surface area contributed by atoms with E-state index in [-0.39, 0.29) is 0 Å². The number of hydrogen-bond acceptors (Lipinski definition) is 3. The Bertz CT molecular complexity index is 508. The van der Waals surface area contributed by atoms with E-state index < -0.39 is 5.91 Å². The largest absolute Gasteiger partial charge is 0.384 e. The molecule has 5 heteroatoms. The molecule has 0 aliphatic heterocycles. The van der Waals surface area contributed by atoms with Crippen molar-refractivity contribution < 1.29 is 4.79 Å². The number of carbonyl (C=O) groups excluding carboxylic acids is 1. The molecule has 102 valence electrons. The maximum Gasteiger partial charge on any atom is 0.269 e. The van der Waals surface area contributed by atoms with Crippen molar-refractivity contribution in [1.82, 2.24) is 9.78 Å². The predicted octanol–water partition coefficient (Wildman–Crippen LogP) is 1.56. The topological polar surface area (TPSA) is 86.9 Å². The molecule has 0 spiro atoms. The van der Waals surface area contributed by atoms with E-state index in [0.29, 0.717) is 29.4 Å². The second kappa shape index (κ2) is 3.74. The fourth-order valence-electron chi connectivity index (χ4n) is 5.06. The number of hydrogen-bond donors (Lipinski definition) is 2. The third-order valence-corrected chi connectivity index (χ3v) is 5.48. The van der Waals surface area contributed by atoms with Gasteiger partial charge >= 0.3 is 0 Å². The van der Waals surface area contributed by atoms with Gasteiger partial charge in [-0.3, -0.25) is 4.79 Å². The van der Waals surface area contributed by atoms with Gasteiger partial charge in [-0.2, -0.15) is 5.10 Å². The Balaban J connectivity index is 1.71. The Hall–Kier alpha value is -1.52. The minimum Gasteiger partial charge on any atom is -0.384 e. The lowest BCUT2D eigenvalue weighted by Crippen LogP contribution is -2.46. The maximum atomic E-state index is 11.2. The van der Waals surface area contributed by atoms with E-state index in [1.807, 2.05) is 4.68 Å². The van der Waals surface area contributed by atoms with Gasteiger partial charge in [-0.25, -0.2) is 4.68 Å². The number of nitrogens with two attached hydrogens (primary N) is 2. The van der Waals surface area contributed by atoms with E-state index in [2.05, 4.69) is 5.10 Å². The molecule has 1 heterocycles. The number of nitrogens with zero attached hydrogens (tertiary/aromatic N) is 2. The first-order chi connectivity index (χ1) is 9.11. The van der Waals surface area contributed by atoms with Crippen LogP contribution in [0.5, 0.6) is 0 Å². The minimum absolute atomic E-state index is 0.298. The quantitative estimate of drug-likeness (QED) is 0.846. The SMILES string of the molecule is NC(=O)c1cc(N)n(C2C3CC4CC(C3)CC2C4)n1. The zero-order valence-electron chi connectivity index (χ0n) is 11.0. The maximum absolute atomic E-state index is 11.2. The molecule has 4 saturated carbocycles. The Morgan fingerprint density at radius 3 is 2.21 bits per heavy atom. The first-order valence-electron chi connectivity index (χ1n) is 7.26. The Labute approximate surface area is 112 Å². The Kier molecular flexibility index (Phi) is 2.23. The average molecular weight is 260 g/mol. The molecule has 5 rings (SSSR count). The Morgan fingerprint density at radius 2 is 1.74 bits per heavy atom. The summed E-state index contributed by atoms with van der Waals surface area (Å²) in [5.41, 5.74) is 11.6. The molecule has 1 aromatic rings. The number of primary amides is 1. The van der Waals surface area contributed by atoms with Crippen molar-refractivity contribution in [2.45, 2.75) is 38.1 Å². The van der Waals surface area contributed by atoms with Crippen LogP contribution in [0.4, 0.5) is 5.82 Å². The summed E-state index contributed by atoms with van der Waals surface area (Å²) in [4.78, 5) is 11.2. The molecule has 0 saturated heterocycles. The minimum atomic E-state index is -0.491. The van der Waals surface area contributed by atoms with Crippen molar-refractivity contribution in [2.75, 3.05) is 5.73 Å². The fourth-order valence-corrected chi connectivity index (χ4v) is 5.06. The van der Waals surface area contributed by atoms with Crippen molar-refractivity contribution in [3.63, 3.8) is 0 Å². The van der Waals surface area contributed by atoms with Gasteiger partial charge in [0.2, 0.25) is 0 Å². The molecular formula is C14H20N4O. The Morgan fingerprint density at radius 1 is 1.16 bits per heavy atom. The number of anilines is 1.